The summed E-state index contributed by atoms with van der Waals surface area (Å²) in [5, 5.41) is 3.67. The first-order valence-electron chi connectivity index (χ1n) is 8.41. The third-order valence-electron chi connectivity index (χ3n) is 4.73. The van der Waals surface area contributed by atoms with E-state index in [0.717, 1.165) is 25.0 Å². The van der Waals surface area contributed by atoms with Gasteiger partial charge in [-0.2, -0.15) is 0 Å². The Bertz CT molecular complexity index is 239. The lowest BCUT2D eigenvalue weighted by atomic mass is 9.86. The Labute approximate surface area is 121 Å². The summed E-state index contributed by atoms with van der Waals surface area (Å²) in [6.07, 6.45) is 6.89. The smallest absolute Gasteiger partial charge is 0.00671 e. The summed E-state index contributed by atoms with van der Waals surface area (Å²) >= 11 is 0. The molecule has 2 heteroatoms. The second-order valence-corrected chi connectivity index (χ2v) is 7.36. The number of rotatable bonds is 7. The van der Waals surface area contributed by atoms with Crippen molar-refractivity contribution in [1.82, 2.24) is 10.2 Å². The summed E-state index contributed by atoms with van der Waals surface area (Å²) in [4.78, 5) is 2.74. The van der Waals surface area contributed by atoms with Gasteiger partial charge >= 0.3 is 0 Å². The molecule has 0 saturated carbocycles. The lowest BCUT2D eigenvalue weighted by Gasteiger charge is -2.37. The van der Waals surface area contributed by atoms with Crippen LogP contribution in [0.4, 0.5) is 0 Å². The Hall–Kier alpha value is -0.0800. The maximum atomic E-state index is 3.67. The summed E-state index contributed by atoms with van der Waals surface area (Å²) in [6, 6.07) is 0.776. The van der Waals surface area contributed by atoms with Crippen molar-refractivity contribution in [2.24, 2.45) is 11.3 Å². The van der Waals surface area contributed by atoms with Crippen LogP contribution < -0.4 is 5.32 Å². The highest BCUT2D eigenvalue weighted by molar-refractivity contribution is 4.83. The van der Waals surface area contributed by atoms with Gasteiger partial charge in [-0.25, -0.2) is 0 Å². The van der Waals surface area contributed by atoms with E-state index in [0.29, 0.717) is 5.41 Å². The van der Waals surface area contributed by atoms with E-state index < -0.39 is 0 Å². The van der Waals surface area contributed by atoms with Crippen LogP contribution in [-0.2, 0) is 0 Å². The van der Waals surface area contributed by atoms with Gasteiger partial charge in [0.25, 0.3) is 0 Å². The van der Waals surface area contributed by atoms with Crippen molar-refractivity contribution < 1.29 is 0 Å². The van der Waals surface area contributed by atoms with Gasteiger partial charge < -0.3 is 10.2 Å². The molecule has 1 fully saturated rings. The zero-order valence-electron chi connectivity index (χ0n) is 14.0. The number of likely N-dealkylation sites (tertiary alicyclic amines) is 1. The van der Waals surface area contributed by atoms with Crippen molar-refractivity contribution >= 4 is 0 Å². The molecule has 0 aromatic heterocycles. The van der Waals surface area contributed by atoms with Crippen LogP contribution in [0, 0.1) is 11.3 Å². The van der Waals surface area contributed by atoms with Crippen LogP contribution >= 0.6 is 0 Å². The summed E-state index contributed by atoms with van der Waals surface area (Å²) < 4.78 is 0. The highest BCUT2D eigenvalue weighted by Crippen LogP contribution is 2.26. The van der Waals surface area contributed by atoms with E-state index in [4.69, 9.17) is 0 Å². The summed E-state index contributed by atoms with van der Waals surface area (Å²) in [5.74, 6) is 0.748. The second-order valence-electron chi connectivity index (χ2n) is 7.36. The Morgan fingerprint density at radius 1 is 1.26 bits per heavy atom. The van der Waals surface area contributed by atoms with Crippen molar-refractivity contribution in [2.75, 3.05) is 26.2 Å². The Morgan fingerprint density at radius 2 is 2.00 bits per heavy atom. The first-order valence-corrected chi connectivity index (χ1v) is 8.41. The van der Waals surface area contributed by atoms with E-state index >= 15 is 0 Å². The molecule has 2 nitrogen and oxygen atoms in total. The molecule has 0 aliphatic carbocycles. The zero-order valence-corrected chi connectivity index (χ0v) is 14.0. The van der Waals surface area contributed by atoms with Crippen molar-refractivity contribution in [3.8, 4) is 0 Å². The van der Waals surface area contributed by atoms with Gasteiger partial charge in [0.2, 0.25) is 0 Å². The standard InChI is InChI=1S/C17H36N2/c1-6-17(5,13-18-12-15(2)3)14-19-11-9-7-8-10-16(19)4/h15-16,18H,6-14H2,1-5H3. The first kappa shape index (κ1) is 17.0. The molecule has 1 aliphatic rings. The van der Waals surface area contributed by atoms with Crippen LogP contribution in [0.3, 0.4) is 0 Å². The molecule has 19 heavy (non-hydrogen) atoms. The predicted molar refractivity (Wildman–Crippen MR) is 85.6 cm³/mol. The van der Waals surface area contributed by atoms with Gasteiger partial charge in [-0.1, -0.05) is 40.5 Å². The number of hydrogen-bond donors (Lipinski definition) is 1. The molecule has 0 spiro atoms. The second kappa shape index (κ2) is 8.26. The molecule has 114 valence electrons. The van der Waals surface area contributed by atoms with E-state index in [1.54, 1.807) is 0 Å². The molecule has 1 heterocycles. The molecule has 1 aliphatic heterocycles. The van der Waals surface area contributed by atoms with Crippen molar-refractivity contribution in [3.05, 3.63) is 0 Å². The summed E-state index contributed by atoms with van der Waals surface area (Å²) in [5.41, 5.74) is 0.424. The van der Waals surface area contributed by atoms with E-state index in [2.05, 4.69) is 44.8 Å². The molecule has 0 amide bonds. The minimum absolute atomic E-state index is 0.424. The highest BCUT2D eigenvalue weighted by Gasteiger charge is 2.28. The normalized spacial score (nSPS) is 25.3. The molecule has 2 atom stereocenters. The van der Waals surface area contributed by atoms with Gasteiger partial charge in [-0.3, -0.25) is 0 Å². The quantitative estimate of drug-likeness (QED) is 0.753. The number of hydrogen-bond acceptors (Lipinski definition) is 2. The predicted octanol–water partition coefficient (Wildman–Crippen LogP) is 3.91. The Balaban J connectivity index is 2.47. The largest absolute Gasteiger partial charge is 0.316 e. The van der Waals surface area contributed by atoms with Crippen LogP contribution in [0.1, 0.15) is 66.7 Å². The molecule has 2 unspecified atom stereocenters. The van der Waals surface area contributed by atoms with Gasteiger partial charge in [-0.05, 0) is 50.6 Å². The monoisotopic (exact) mass is 268 g/mol. The first-order chi connectivity index (χ1) is 8.97. The average molecular weight is 268 g/mol. The SMILES string of the molecule is CCC(C)(CNCC(C)C)CN1CCCCCC1C. The van der Waals surface area contributed by atoms with Crippen LogP contribution in [-0.4, -0.2) is 37.1 Å². The average Bonchev–Trinajstić information content (AvgIpc) is 2.54. The summed E-state index contributed by atoms with van der Waals surface area (Å²) in [6.45, 7) is 16.7. The molecule has 0 bridgehead atoms. The molecule has 0 aromatic carbocycles. The molecule has 1 N–H and O–H groups in total. The van der Waals surface area contributed by atoms with Crippen LogP contribution in [0.2, 0.25) is 0 Å². The van der Waals surface area contributed by atoms with Crippen LogP contribution in [0.5, 0.6) is 0 Å². The zero-order chi connectivity index (χ0) is 14.3. The third kappa shape index (κ3) is 6.27. The molecular formula is C17H36N2. The fourth-order valence-corrected chi connectivity index (χ4v) is 3.01. The molecule has 1 rings (SSSR count). The fourth-order valence-electron chi connectivity index (χ4n) is 3.01. The minimum Gasteiger partial charge on any atom is -0.316 e. The Morgan fingerprint density at radius 3 is 2.63 bits per heavy atom. The fraction of sp³-hybridized carbons (Fsp3) is 1.00. The van der Waals surface area contributed by atoms with E-state index in [1.165, 1.54) is 45.2 Å². The van der Waals surface area contributed by atoms with Crippen LogP contribution in [0.25, 0.3) is 0 Å². The highest BCUT2D eigenvalue weighted by atomic mass is 15.2. The summed E-state index contributed by atoms with van der Waals surface area (Å²) in [7, 11) is 0. The van der Waals surface area contributed by atoms with E-state index in [1.807, 2.05) is 0 Å². The minimum atomic E-state index is 0.424. The molecule has 0 radical (unpaired) electrons. The van der Waals surface area contributed by atoms with Crippen molar-refractivity contribution in [2.45, 2.75) is 72.8 Å². The number of nitrogens with one attached hydrogen (secondary N) is 1. The molecule has 0 aromatic rings. The number of nitrogens with zero attached hydrogens (tertiary/aromatic N) is 1. The van der Waals surface area contributed by atoms with Crippen LogP contribution in [0.15, 0.2) is 0 Å². The van der Waals surface area contributed by atoms with Gasteiger partial charge in [0.05, 0.1) is 0 Å². The van der Waals surface area contributed by atoms with Gasteiger partial charge in [0, 0.05) is 19.1 Å². The third-order valence-corrected chi connectivity index (χ3v) is 4.73. The lowest BCUT2D eigenvalue weighted by Crippen LogP contribution is -2.45. The van der Waals surface area contributed by atoms with Gasteiger partial charge in [0.15, 0.2) is 0 Å². The Kier molecular flexibility index (Phi) is 7.38. The molecular weight excluding hydrogens is 232 g/mol. The van der Waals surface area contributed by atoms with Crippen molar-refractivity contribution in [1.29, 1.82) is 0 Å². The van der Waals surface area contributed by atoms with Gasteiger partial charge in [0.1, 0.15) is 0 Å². The maximum Gasteiger partial charge on any atom is 0.00671 e. The van der Waals surface area contributed by atoms with Crippen molar-refractivity contribution in [3.63, 3.8) is 0 Å². The van der Waals surface area contributed by atoms with Gasteiger partial charge in [-0.15, -0.1) is 0 Å². The molecule has 1 saturated heterocycles. The lowest BCUT2D eigenvalue weighted by molar-refractivity contribution is 0.122. The topological polar surface area (TPSA) is 15.3 Å². The maximum absolute atomic E-state index is 3.67. The van der Waals surface area contributed by atoms with E-state index in [9.17, 15) is 0 Å². The van der Waals surface area contributed by atoms with E-state index in [-0.39, 0.29) is 0 Å².